The second kappa shape index (κ2) is 9.91. The molecule has 0 saturated heterocycles. The first-order chi connectivity index (χ1) is 14.5. The number of carbonyl (C=O) groups is 2. The van der Waals surface area contributed by atoms with E-state index in [1.54, 1.807) is 73.9 Å². The molecule has 0 fully saturated rings. The van der Waals surface area contributed by atoms with E-state index in [-0.39, 0.29) is 15.8 Å². The molecule has 1 aromatic heterocycles. The Balaban J connectivity index is 1.90. The molecule has 0 atom stereocenters. The van der Waals surface area contributed by atoms with E-state index in [1.165, 1.54) is 0 Å². The van der Waals surface area contributed by atoms with Gasteiger partial charge < -0.3 is 5.32 Å². The first-order valence-corrected chi connectivity index (χ1v) is 10.2. The van der Waals surface area contributed by atoms with Crippen molar-refractivity contribution in [1.29, 1.82) is 0 Å². The van der Waals surface area contributed by atoms with Gasteiger partial charge in [-0.25, -0.2) is 4.98 Å². The number of para-hydroxylation sites is 1. The van der Waals surface area contributed by atoms with Crippen molar-refractivity contribution < 1.29 is 9.59 Å². The van der Waals surface area contributed by atoms with Crippen LogP contribution >= 0.6 is 22.9 Å². The number of benzene rings is 2. The monoisotopic (exact) mass is 435 g/mol. The molecule has 0 bridgehead atoms. The maximum Gasteiger partial charge on any atom is 0.269 e. The van der Waals surface area contributed by atoms with Gasteiger partial charge in [-0.1, -0.05) is 72.8 Å². The molecule has 5 nitrogen and oxygen atoms in total. The van der Waals surface area contributed by atoms with Crippen molar-refractivity contribution in [3.63, 3.8) is 0 Å². The molecule has 7 heteroatoms. The van der Waals surface area contributed by atoms with Gasteiger partial charge in [-0.3, -0.25) is 14.6 Å². The third-order valence-corrected chi connectivity index (χ3v) is 5.55. The number of rotatable bonds is 7. The van der Waals surface area contributed by atoms with E-state index in [1.807, 2.05) is 6.07 Å². The average Bonchev–Trinajstić information content (AvgIpc) is 3.16. The van der Waals surface area contributed by atoms with Crippen molar-refractivity contribution in [2.75, 3.05) is 12.4 Å². The smallest absolute Gasteiger partial charge is 0.269 e. The number of hydrogen-bond acceptors (Lipinski definition) is 5. The molecule has 30 heavy (non-hydrogen) atoms. The second-order valence-corrected chi connectivity index (χ2v) is 7.44. The van der Waals surface area contributed by atoms with Crippen molar-refractivity contribution >= 4 is 52.1 Å². The van der Waals surface area contributed by atoms with Crippen molar-refractivity contribution in [3.8, 4) is 0 Å². The highest BCUT2D eigenvalue weighted by atomic mass is 35.5. The number of anilines is 1. The topological polar surface area (TPSA) is 71.4 Å². The van der Waals surface area contributed by atoms with Gasteiger partial charge in [0, 0.05) is 30.0 Å². The number of ketones is 1. The van der Waals surface area contributed by atoms with E-state index in [4.69, 9.17) is 11.6 Å². The fraction of sp³-hybridized carbons (Fsp3) is 0.0435. The highest BCUT2D eigenvalue weighted by molar-refractivity contribution is 7.15. The van der Waals surface area contributed by atoms with Crippen LogP contribution in [-0.4, -0.2) is 29.9 Å². The van der Waals surface area contributed by atoms with Crippen LogP contribution in [0.2, 0.25) is 5.15 Å². The van der Waals surface area contributed by atoms with Crippen molar-refractivity contribution in [3.05, 3.63) is 99.5 Å². The lowest BCUT2D eigenvalue weighted by Crippen LogP contribution is -2.14. The first kappa shape index (κ1) is 21.4. The number of aromatic nitrogens is 1. The lowest BCUT2D eigenvalue weighted by molar-refractivity contribution is 0.103. The van der Waals surface area contributed by atoms with Crippen LogP contribution < -0.4 is 5.32 Å². The Morgan fingerprint density at radius 2 is 1.83 bits per heavy atom. The summed E-state index contributed by atoms with van der Waals surface area (Å²) in [5, 5.41) is 3.42. The Bertz CT molecular complexity index is 1150. The van der Waals surface area contributed by atoms with E-state index >= 15 is 0 Å². The minimum absolute atomic E-state index is 0.0823. The summed E-state index contributed by atoms with van der Waals surface area (Å²) >= 11 is 7.36. The third-order valence-electron chi connectivity index (χ3n) is 4.06. The summed E-state index contributed by atoms with van der Waals surface area (Å²) in [4.78, 5) is 34.3. The van der Waals surface area contributed by atoms with Gasteiger partial charge in [0.05, 0.1) is 5.69 Å². The van der Waals surface area contributed by atoms with Crippen LogP contribution in [0.1, 0.15) is 30.6 Å². The van der Waals surface area contributed by atoms with Crippen molar-refractivity contribution in [2.24, 2.45) is 4.99 Å². The summed E-state index contributed by atoms with van der Waals surface area (Å²) in [5.74, 6) is -0.624. The molecular formula is C23H18ClN3O2S. The lowest BCUT2D eigenvalue weighted by atomic mass is 10.0. The molecule has 0 aliphatic rings. The van der Waals surface area contributed by atoms with Gasteiger partial charge in [-0.2, -0.15) is 0 Å². The summed E-state index contributed by atoms with van der Waals surface area (Å²) in [7, 11) is 1.64. The van der Waals surface area contributed by atoms with Gasteiger partial charge in [-0.15, -0.1) is 11.3 Å². The van der Waals surface area contributed by atoms with E-state index in [2.05, 4.69) is 21.9 Å². The molecule has 1 N–H and O–H groups in total. The largest absolute Gasteiger partial charge is 0.320 e. The number of carbonyl (C=O) groups excluding carboxylic acids is 2. The summed E-state index contributed by atoms with van der Waals surface area (Å²) < 4.78 is 0. The van der Waals surface area contributed by atoms with Gasteiger partial charge in [0.1, 0.15) is 9.88 Å². The molecule has 0 aliphatic heterocycles. The number of allylic oxidation sites excluding steroid dienone is 3. The minimum atomic E-state index is -0.441. The summed E-state index contributed by atoms with van der Waals surface area (Å²) in [5.41, 5.74) is 2.02. The van der Waals surface area contributed by atoms with E-state index < -0.39 is 5.91 Å². The Labute approximate surface area is 183 Å². The Morgan fingerprint density at radius 3 is 2.53 bits per heavy atom. The molecule has 3 rings (SSSR count). The lowest BCUT2D eigenvalue weighted by Gasteiger charge is -2.10. The van der Waals surface area contributed by atoms with Crippen LogP contribution in [-0.2, 0) is 0 Å². The van der Waals surface area contributed by atoms with E-state index in [0.29, 0.717) is 27.4 Å². The van der Waals surface area contributed by atoms with Gasteiger partial charge in [-0.05, 0) is 12.1 Å². The number of aliphatic imine (C=N–C) groups is 1. The van der Waals surface area contributed by atoms with Crippen molar-refractivity contribution in [2.45, 2.75) is 0 Å². The van der Waals surface area contributed by atoms with Crippen LogP contribution in [0, 0.1) is 0 Å². The predicted molar refractivity (Wildman–Crippen MR) is 124 cm³/mol. The number of halogens is 1. The molecule has 0 spiro atoms. The van der Waals surface area contributed by atoms with Gasteiger partial charge in [0.25, 0.3) is 5.91 Å². The first-order valence-electron chi connectivity index (χ1n) is 8.97. The number of hydrogen-bond donors (Lipinski definition) is 1. The molecule has 1 heterocycles. The van der Waals surface area contributed by atoms with E-state index in [9.17, 15) is 9.59 Å². The molecule has 0 saturated carbocycles. The maximum atomic E-state index is 12.9. The van der Waals surface area contributed by atoms with E-state index in [0.717, 1.165) is 11.3 Å². The number of thiazole rings is 1. The summed E-state index contributed by atoms with van der Waals surface area (Å²) in [6.07, 6.45) is 4.96. The van der Waals surface area contributed by atoms with Crippen LogP contribution in [0.4, 0.5) is 5.69 Å². The van der Waals surface area contributed by atoms with Gasteiger partial charge in [0.15, 0.2) is 10.9 Å². The molecular weight excluding hydrogens is 418 g/mol. The molecule has 3 aromatic rings. The zero-order valence-corrected chi connectivity index (χ0v) is 17.7. The average molecular weight is 436 g/mol. The van der Waals surface area contributed by atoms with Crippen LogP contribution in [0.3, 0.4) is 0 Å². The van der Waals surface area contributed by atoms with Crippen LogP contribution in [0.15, 0.2) is 78.3 Å². The molecule has 1 amide bonds. The SMILES string of the molecule is C=C/C=C(\C=NC)c1nc(Cl)c(C(=O)Nc2ccccc2C(=O)c2ccccc2)s1. The molecule has 2 aromatic carbocycles. The molecule has 150 valence electrons. The van der Waals surface area contributed by atoms with Crippen LogP contribution in [0.25, 0.3) is 5.57 Å². The zero-order valence-electron chi connectivity index (χ0n) is 16.1. The Morgan fingerprint density at radius 1 is 1.13 bits per heavy atom. The number of nitrogens with zero attached hydrogens (tertiary/aromatic N) is 2. The van der Waals surface area contributed by atoms with Gasteiger partial charge >= 0.3 is 0 Å². The normalized spacial score (nSPS) is 11.5. The second-order valence-electron chi connectivity index (χ2n) is 6.08. The molecule has 0 aliphatic carbocycles. The zero-order chi connectivity index (χ0) is 21.5. The Hall–Kier alpha value is -3.35. The molecule has 0 unspecified atom stereocenters. The Kier molecular flexibility index (Phi) is 7.06. The summed E-state index contributed by atoms with van der Waals surface area (Å²) in [6.45, 7) is 3.67. The minimum Gasteiger partial charge on any atom is -0.320 e. The highest BCUT2D eigenvalue weighted by Gasteiger charge is 2.21. The fourth-order valence-corrected chi connectivity index (χ4v) is 3.89. The standard InChI is InChI=1S/C23H18ClN3O2S/c1-3-9-16(14-25-2)23-27-21(24)20(30-23)22(29)26-18-13-8-7-12-17(18)19(28)15-10-5-4-6-11-15/h3-14H,1H2,2H3,(H,26,29)/b16-9+,25-14?. The predicted octanol–water partition coefficient (Wildman–Crippen LogP) is 5.55. The molecule has 0 radical (unpaired) electrons. The third kappa shape index (κ3) is 4.79. The highest BCUT2D eigenvalue weighted by Crippen LogP contribution is 2.29. The van der Waals surface area contributed by atoms with Crippen molar-refractivity contribution in [1.82, 2.24) is 4.98 Å². The summed E-state index contributed by atoms with van der Waals surface area (Å²) in [6, 6.07) is 15.7. The number of nitrogens with one attached hydrogen (secondary N) is 1. The maximum absolute atomic E-state index is 12.9. The van der Waals surface area contributed by atoms with Gasteiger partial charge in [0.2, 0.25) is 0 Å². The fourth-order valence-electron chi connectivity index (χ4n) is 2.71. The van der Waals surface area contributed by atoms with Crippen LogP contribution in [0.5, 0.6) is 0 Å². The number of amides is 1. The quantitative estimate of drug-likeness (QED) is 0.300.